The molecule has 0 aromatic heterocycles. The average molecular weight is 250 g/mol. The molecule has 0 bridgehead atoms. The Hall–Kier alpha value is -1.42. The van der Waals surface area contributed by atoms with Gasteiger partial charge in [0.25, 0.3) is 0 Å². The van der Waals surface area contributed by atoms with Crippen molar-refractivity contribution in [3.05, 3.63) is 35.6 Å². The molecule has 1 aliphatic heterocycles. The molecule has 2 unspecified atom stereocenters. The van der Waals surface area contributed by atoms with Gasteiger partial charge < -0.3 is 10.6 Å². The first kappa shape index (κ1) is 13.0. The van der Waals surface area contributed by atoms with Crippen molar-refractivity contribution in [1.82, 2.24) is 10.6 Å². The van der Waals surface area contributed by atoms with Gasteiger partial charge in [0.2, 0.25) is 5.91 Å². The number of hydrogen-bond donors (Lipinski definition) is 2. The molecule has 1 saturated heterocycles. The summed E-state index contributed by atoms with van der Waals surface area (Å²) in [7, 11) is 0. The fourth-order valence-corrected chi connectivity index (χ4v) is 2.35. The SMILES string of the molecule is CCC(NCC1CCC(=O)N1)c1ccccc1F. The van der Waals surface area contributed by atoms with E-state index in [1.54, 1.807) is 6.07 Å². The third kappa shape index (κ3) is 3.07. The number of nitrogens with one attached hydrogen (secondary N) is 2. The van der Waals surface area contributed by atoms with E-state index in [0.29, 0.717) is 18.5 Å². The van der Waals surface area contributed by atoms with Gasteiger partial charge in [-0.2, -0.15) is 0 Å². The van der Waals surface area contributed by atoms with Crippen molar-refractivity contribution < 1.29 is 9.18 Å². The Balaban J connectivity index is 1.93. The summed E-state index contributed by atoms with van der Waals surface area (Å²) in [5.41, 5.74) is 0.698. The van der Waals surface area contributed by atoms with Crippen LogP contribution in [0.3, 0.4) is 0 Å². The van der Waals surface area contributed by atoms with E-state index in [9.17, 15) is 9.18 Å². The van der Waals surface area contributed by atoms with Crippen LogP contribution in [0.2, 0.25) is 0 Å². The van der Waals surface area contributed by atoms with E-state index in [1.165, 1.54) is 6.07 Å². The van der Waals surface area contributed by atoms with Crippen molar-refractivity contribution in [3.8, 4) is 0 Å². The quantitative estimate of drug-likeness (QED) is 0.840. The van der Waals surface area contributed by atoms with Crippen LogP contribution < -0.4 is 10.6 Å². The molecular weight excluding hydrogens is 231 g/mol. The van der Waals surface area contributed by atoms with E-state index in [0.717, 1.165) is 12.8 Å². The van der Waals surface area contributed by atoms with Gasteiger partial charge in [-0.3, -0.25) is 4.79 Å². The zero-order valence-electron chi connectivity index (χ0n) is 10.6. The molecule has 1 heterocycles. The maximum absolute atomic E-state index is 13.7. The molecule has 1 aromatic carbocycles. The second-order valence-corrected chi connectivity index (χ2v) is 4.69. The Morgan fingerprint density at radius 2 is 2.28 bits per heavy atom. The summed E-state index contributed by atoms with van der Waals surface area (Å²) in [5, 5.41) is 6.24. The summed E-state index contributed by atoms with van der Waals surface area (Å²) in [4.78, 5) is 11.1. The van der Waals surface area contributed by atoms with Crippen LogP contribution in [0.15, 0.2) is 24.3 Å². The molecular formula is C14H19FN2O. The lowest BCUT2D eigenvalue weighted by Gasteiger charge is -2.20. The van der Waals surface area contributed by atoms with Crippen molar-refractivity contribution in [3.63, 3.8) is 0 Å². The molecule has 0 radical (unpaired) electrons. The summed E-state index contributed by atoms with van der Waals surface area (Å²) < 4.78 is 13.7. The fraction of sp³-hybridized carbons (Fsp3) is 0.500. The molecule has 98 valence electrons. The molecule has 2 atom stereocenters. The zero-order chi connectivity index (χ0) is 13.0. The Kier molecular flexibility index (Phi) is 4.31. The van der Waals surface area contributed by atoms with Crippen molar-refractivity contribution >= 4 is 5.91 Å². The Bertz CT molecular complexity index is 422. The number of halogens is 1. The van der Waals surface area contributed by atoms with Gasteiger partial charge in [-0.25, -0.2) is 4.39 Å². The van der Waals surface area contributed by atoms with Crippen LogP contribution in [0.1, 0.15) is 37.8 Å². The van der Waals surface area contributed by atoms with Crippen LogP contribution in [0.5, 0.6) is 0 Å². The van der Waals surface area contributed by atoms with Gasteiger partial charge in [0.15, 0.2) is 0 Å². The first-order valence-corrected chi connectivity index (χ1v) is 6.48. The lowest BCUT2D eigenvalue weighted by atomic mass is 10.0. The lowest BCUT2D eigenvalue weighted by Crippen LogP contribution is -2.37. The van der Waals surface area contributed by atoms with Gasteiger partial charge in [0.1, 0.15) is 5.82 Å². The van der Waals surface area contributed by atoms with E-state index in [4.69, 9.17) is 0 Å². The molecule has 18 heavy (non-hydrogen) atoms. The van der Waals surface area contributed by atoms with Crippen LogP contribution in [-0.4, -0.2) is 18.5 Å². The van der Waals surface area contributed by atoms with Gasteiger partial charge >= 0.3 is 0 Å². The highest BCUT2D eigenvalue weighted by Crippen LogP contribution is 2.20. The summed E-state index contributed by atoms with van der Waals surface area (Å²) in [5.74, 6) is -0.0620. The van der Waals surface area contributed by atoms with Gasteiger partial charge in [0.05, 0.1) is 0 Å². The van der Waals surface area contributed by atoms with E-state index in [2.05, 4.69) is 10.6 Å². The minimum absolute atomic E-state index is 0.00343. The predicted octanol–water partition coefficient (Wildman–Crippen LogP) is 2.14. The van der Waals surface area contributed by atoms with Gasteiger partial charge in [-0.1, -0.05) is 25.1 Å². The molecule has 3 nitrogen and oxygen atoms in total. The van der Waals surface area contributed by atoms with E-state index in [-0.39, 0.29) is 23.8 Å². The van der Waals surface area contributed by atoms with Crippen LogP contribution in [0.25, 0.3) is 0 Å². The fourth-order valence-electron chi connectivity index (χ4n) is 2.35. The van der Waals surface area contributed by atoms with E-state index in [1.807, 2.05) is 19.1 Å². The zero-order valence-corrected chi connectivity index (χ0v) is 10.6. The van der Waals surface area contributed by atoms with Crippen molar-refractivity contribution in [2.24, 2.45) is 0 Å². The molecule has 2 rings (SSSR count). The molecule has 0 aliphatic carbocycles. The number of benzene rings is 1. The monoisotopic (exact) mass is 250 g/mol. The largest absolute Gasteiger partial charge is 0.352 e. The molecule has 1 aromatic rings. The first-order chi connectivity index (χ1) is 8.70. The summed E-state index contributed by atoms with van der Waals surface area (Å²) in [6.45, 7) is 2.72. The van der Waals surface area contributed by atoms with Crippen LogP contribution in [0.4, 0.5) is 4.39 Å². The van der Waals surface area contributed by atoms with Crippen molar-refractivity contribution in [1.29, 1.82) is 0 Å². The summed E-state index contributed by atoms with van der Waals surface area (Å²) in [6, 6.07) is 7.02. The normalized spacial score (nSPS) is 20.8. The predicted molar refractivity (Wildman–Crippen MR) is 68.6 cm³/mol. The Labute approximate surface area is 107 Å². The highest BCUT2D eigenvalue weighted by Gasteiger charge is 2.22. The molecule has 0 spiro atoms. The second-order valence-electron chi connectivity index (χ2n) is 4.69. The van der Waals surface area contributed by atoms with Crippen molar-refractivity contribution in [2.75, 3.05) is 6.54 Å². The maximum atomic E-state index is 13.7. The van der Waals surface area contributed by atoms with Crippen LogP contribution >= 0.6 is 0 Å². The molecule has 0 saturated carbocycles. The second kappa shape index (κ2) is 5.96. The smallest absolute Gasteiger partial charge is 0.220 e. The topological polar surface area (TPSA) is 41.1 Å². The number of carbonyl (C=O) groups excluding carboxylic acids is 1. The number of rotatable bonds is 5. The van der Waals surface area contributed by atoms with Gasteiger partial charge in [0, 0.05) is 30.6 Å². The van der Waals surface area contributed by atoms with Crippen molar-refractivity contribution in [2.45, 2.75) is 38.3 Å². The van der Waals surface area contributed by atoms with E-state index < -0.39 is 0 Å². The standard InChI is InChI=1S/C14H19FN2O/c1-2-13(11-5-3-4-6-12(11)15)16-9-10-7-8-14(18)17-10/h3-6,10,13,16H,2,7-9H2,1H3,(H,17,18). The lowest BCUT2D eigenvalue weighted by molar-refractivity contribution is -0.119. The summed E-state index contributed by atoms with van der Waals surface area (Å²) in [6.07, 6.45) is 2.28. The van der Waals surface area contributed by atoms with Crippen LogP contribution in [0, 0.1) is 5.82 Å². The highest BCUT2D eigenvalue weighted by molar-refractivity contribution is 5.78. The molecule has 4 heteroatoms. The van der Waals surface area contributed by atoms with Gasteiger partial charge in [-0.05, 0) is 18.9 Å². The maximum Gasteiger partial charge on any atom is 0.220 e. The van der Waals surface area contributed by atoms with E-state index >= 15 is 0 Å². The minimum Gasteiger partial charge on any atom is -0.352 e. The average Bonchev–Trinajstić information content (AvgIpc) is 2.78. The molecule has 1 fully saturated rings. The highest BCUT2D eigenvalue weighted by atomic mass is 19.1. The number of hydrogen-bond acceptors (Lipinski definition) is 2. The molecule has 1 amide bonds. The van der Waals surface area contributed by atoms with Crippen LogP contribution in [-0.2, 0) is 4.79 Å². The third-order valence-electron chi connectivity index (χ3n) is 3.38. The molecule has 2 N–H and O–H groups in total. The third-order valence-corrected chi connectivity index (χ3v) is 3.38. The minimum atomic E-state index is -0.174. The number of amides is 1. The summed E-state index contributed by atoms with van der Waals surface area (Å²) >= 11 is 0. The number of carbonyl (C=O) groups is 1. The Morgan fingerprint density at radius 3 is 2.89 bits per heavy atom. The molecule has 1 aliphatic rings. The van der Waals surface area contributed by atoms with Gasteiger partial charge in [-0.15, -0.1) is 0 Å². The first-order valence-electron chi connectivity index (χ1n) is 6.48. The Morgan fingerprint density at radius 1 is 1.50 bits per heavy atom.